The minimum Gasteiger partial charge on any atom is -0.115 e. The molecule has 8 heavy (non-hydrogen) atoms. The van der Waals surface area contributed by atoms with E-state index in [1.807, 2.05) is 6.08 Å². The normalized spacial score (nSPS) is 11.8. The van der Waals surface area contributed by atoms with Crippen molar-refractivity contribution in [2.45, 2.75) is 20.8 Å². The fraction of sp³-hybridized carbons (Fsp3) is 0.500. The summed E-state index contributed by atoms with van der Waals surface area (Å²) in [5.41, 5.74) is 0.229. The van der Waals surface area contributed by atoms with Crippen LogP contribution in [0.5, 0.6) is 0 Å². The van der Waals surface area contributed by atoms with E-state index in [2.05, 4.69) is 26.7 Å². The lowest BCUT2D eigenvalue weighted by atomic mass is 9.97. The highest BCUT2D eigenvalue weighted by Gasteiger charge is 2.01. The fourth-order valence-electron chi connectivity index (χ4n) is 0.298. The summed E-state index contributed by atoms with van der Waals surface area (Å²) < 4.78 is 0. The van der Waals surface area contributed by atoms with Gasteiger partial charge in [0.05, 0.1) is 0 Å². The quantitative estimate of drug-likeness (QED) is 0.417. The number of terminal acetylenes is 1. The Morgan fingerprint density at radius 1 is 1.38 bits per heavy atom. The zero-order valence-corrected chi connectivity index (χ0v) is 5.73. The van der Waals surface area contributed by atoms with Crippen molar-refractivity contribution in [3.63, 3.8) is 0 Å². The third kappa shape index (κ3) is 5.30. The lowest BCUT2D eigenvalue weighted by Crippen LogP contribution is -1.97. The summed E-state index contributed by atoms with van der Waals surface area (Å²) in [5.74, 6) is 2.44. The molecule has 0 heteroatoms. The van der Waals surface area contributed by atoms with E-state index in [0.717, 1.165) is 0 Å². The molecule has 44 valence electrons. The highest BCUT2D eigenvalue weighted by molar-refractivity contribution is 5.11. The minimum absolute atomic E-state index is 0.229. The van der Waals surface area contributed by atoms with Gasteiger partial charge in [0.25, 0.3) is 0 Å². The molecule has 0 aliphatic carbocycles. The first kappa shape index (κ1) is 7.30. The summed E-state index contributed by atoms with van der Waals surface area (Å²) in [4.78, 5) is 0. The van der Waals surface area contributed by atoms with Gasteiger partial charge in [0.1, 0.15) is 0 Å². The number of hydrogen-bond acceptors (Lipinski definition) is 0. The highest BCUT2D eigenvalue weighted by Crippen LogP contribution is 2.13. The number of allylic oxidation sites excluding steroid dienone is 2. The second kappa shape index (κ2) is 2.57. The average Bonchev–Trinajstić information content (AvgIpc) is 1.59. The van der Waals surface area contributed by atoms with Gasteiger partial charge in [-0.3, -0.25) is 0 Å². The van der Waals surface area contributed by atoms with Gasteiger partial charge in [0, 0.05) is 0 Å². The Balaban J connectivity index is 3.75. The van der Waals surface area contributed by atoms with Crippen LogP contribution in [0.4, 0.5) is 0 Å². The van der Waals surface area contributed by atoms with E-state index in [9.17, 15) is 0 Å². The Morgan fingerprint density at radius 3 is 2.00 bits per heavy atom. The number of hydrogen-bond donors (Lipinski definition) is 0. The van der Waals surface area contributed by atoms with E-state index in [0.29, 0.717) is 0 Å². The van der Waals surface area contributed by atoms with Crippen LogP contribution in [0.1, 0.15) is 20.8 Å². The van der Waals surface area contributed by atoms with Crippen LogP contribution in [0.2, 0.25) is 0 Å². The molecule has 0 spiro atoms. The molecule has 0 bridgehead atoms. The van der Waals surface area contributed by atoms with E-state index in [1.54, 1.807) is 6.08 Å². The molecule has 0 unspecified atom stereocenters. The smallest absolute Gasteiger partial charge is 0.0156 e. The van der Waals surface area contributed by atoms with Crippen LogP contribution in [0.15, 0.2) is 12.2 Å². The minimum atomic E-state index is 0.229. The molecule has 0 aliphatic rings. The molecule has 0 aromatic heterocycles. The zero-order chi connectivity index (χ0) is 6.62. The first-order chi connectivity index (χ1) is 3.56. The van der Waals surface area contributed by atoms with E-state index in [4.69, 9.17) is 6.42 Å². The van der Waals surface area contributed by atoms with E-state index < -0.39 is 0 Å². The Labute approximate surface area is 51.6 Å². The molecule has 0 aromatic carbocycles. The van der Waals surface area contributed by atoms with Gasteiger partial charge in [0.15, 0.2) is 0 Å². The third-order valence-electron chi connectivity index (χ3n) is 0.680. The Bertz CT molecular complexity index is 116. The van der Waals surface area contributed by atoms with Crippen molar-refractivity contribution in [2.75, 3.05) is 0 Å². The average molecular weight is 108 g/mol. The van der Waals surface area contributed by atoms with Gasteiger partial charge in [-0.25, -0.2) is 0 Å². The molecule has 0 saturated heterocycles. The molecule has 0 amide bonds. The topological polar surface area (TPSA) is 0 Å². The number of rotatable bonds is 0. The molecule has 0 radical (unpaired) electrons. The van der Waals surface area contributed by atoms with Crippen LogP contribution in [0, 0.1) is 17.8 Å². The summed E-state index contributed by atoms with van der Waals surface area (Å²) in [6.45, 7) is 6.34. The van der Waals surface area contributed by atoms with Gasteiger partial charge in [-0.05, 0) is 11.5 Å². The summed E-state index contributed by atoms with van der Waals surface area (Å²) in [7, 11) is 0. The monoisotopic (exact) mass is 108 g/mol. The second-order valence-electron chi connectivity index (χ2n) is 2.87. The maximum Gasteiger partial charge on any atom is -0.0156 e. The Morgan fingerprint density at radius 2 is 1.88 bits per heavy atom. The van der Waals surface area contributed by atoms with Gasteiger partial charge in [-0.15, -0.1) is 6.42 Å². The molecule has 0 rings (SSSR count). The molecule has 0 nitrogen and oxygen atoms in total. The molecular formula is C8H12. The first-order valence-corrected chi connectivity index (χ1v) is 2.70. The summed E-state index contributed by atoms with van der Waals surface area (Å²) in [6.07, 6.45) is 8.74. The maximum absolute atomic E-state index is 5.00. The SMILES string of the molecule is C#C/C=C\C(C)(C)C. The second-order valence-corrected chi connectivity index (χ2v) is 2.87. The summed E-state index contributed by atoms with van der Waals surface area (Å²) in [6, 6.07) is 0. The van der Waals surface area contributed by atoms with Gasteiger partial charge in [-0.1, -0.05) is 32.8 Å². The molecule has 0 saturated carbocycles. The summed E-state index contributed by atoms with van der Waals surface area (Å²) >= 11 is 0. The standard InChI is InChI=1S/C8H12/c1-5-6-7-8(2,3)4/h1,6-7H,2-4H3/b7-6-. The molecular weight excluding hydrogens is 96.1 g/mol. The maximum atomic E-state index is 5.00. The summed E-state index contributed by atoms with van der Waals surface area (Å²) in [5, 5.41) is 0. The Kier molecular flexibility index (Phi) is 2.34. The molecule has 0 aromatic rings. The van der Waals surface area contributed by atoms with Crippen LogP contribution in [0.25, 0.3) is 0 Å². The van der Waals surface area contributed by atoms with E-state index in [-0.39, 0.29) is 5.41 Å². The van der Waals surface area contributed by atoms with Crippen LogP contribution in [-0.2, 0) is 0 Å². The lowest BCUT2D eigenvalue weighted by Gasteiger charge is -2.09. The van der Waals surface area contributed by atoms with Crippen LogP contribution in [-0.4, -0.2) is 0 Å². The van der Waals surface area contributed by atoms with Crippen molar-refractivity contribution in [3.05, 3.63) is 12.2 Å². The first-order valence-electron chi connectivity index (χ1n) is 2.70. The molecule has 0 heterocycles. The van der Waals surface area contributed by atoms with Crippen molar-refractivity contribution < 1.29 is 0 Å². The van der Waals surface area contributed by atoms with E-state index >= 15 is 0 Å². The predicted molar refractivity (Wildman–Crippen MR) is 37.4 cm³/mol. The third-order valence-corrected chi connectivity index (χ3v) is 0.680. The largest absolute Gasteiger partial charge is 0.115 e. The van der Waals surface area contributed by atoms with Gasteiger partial charge < -0.3 is 0 Å². The van der Waals surface area contributed by atoms with Crippen LogP contribution in [0.3, 0.4) is 0 Å². The fourth-order valence-corrected chi connectivity index (χ4v) is 0.298. The van der Waals surface area contributed by atoms with Crippen molar-refractivity contribution in [1.29, 1.82) is 0 Å². The van der Waals surface area contributed by atoms with Crippen LogP contribution < -0.4 is 0 Å². The van der Waals surface area contributed by atoms with E-state index in [1.165, 1.54) is 0 Å². The molecule has 0 atom stereocenters. The highest BCUT2D eigenvalue weighted by atomic mass is 14.1. The van der Waals surface area contributed by atoms with Crippen molar-refractivity contribution in [2.24, 2.45) is 5.41 Å². The van der Waals surface area contributed by atoms with Crippen molar-refractivity contribution >= 4 is 0 Å². The van der Waals surface area contributed by atoms with Crippen molar-refractivity contribution in [1.82, 2.24) is 0 Å². The molecule has 0 fully saturated rings. The van der Waals surface area contributed by atoms with Gasteiger partial charge in [-0.2, -0.15) is 0 Å². The predicted octanol–water partition coefficient (Wildman–Crippen LogP) is 2.22. The zero-order valence-electron chi connectivity index (χ0n) is 5.73. The molecule has 0 aliphatic heterocycles. The Hall–Kier alpha value is -0.700. The van der Waals surface area contributed by atoms with Crippen LogP contribution >= 0.6 is 0 Å². The lowest BCUT2D eigenvalue weighted by molar-refractivity contribution is 0.544. The van der Waals surface area contributed by atoms with Crippen molar-refractivity contribution in [3.8, 4) is 12.3 Å². The van der Waals surface area contributed by atoms with Gasteiger partial charge >= 0.3 is 0 Å². The molecule has 0 N–H and O–H groups in total. The van der Waals surface area contributed by atoms with Gasteiger partial charge in [0.2, 0.25) is 0 Å².